The van der Waals surface area contributed by atoms with E-state index in [1.165, 1.54) is 0 Å². The number of H-pyrrole nitrogens is 1. The van der Waals surface area contributed by atoms with Crippen LogP contribution in [0, 0.1) is 6.92 Å². The van der Waals surface area contributed by atoms with E-state index in [9.17, 15) is 9.59 Å². The van der Waals surface area contributed by atoms with Gasteiger partial charge in [0, 0.05) is 17.7 Å². The fourth-order valence-corrected chi connectivity index (χ4v) is 2.37. The van der Waals surface area contributed by atoms with Gasteiger partial charge < -0.3 is 15.6 Å². The van der Waals surface area contributed by atoms with E-state index in [2.05, 4.69) is 20.6 Å². The first-order valence-electron chi connectivity index (χ1n) is 6.84. The molecule has 6 nitrogen and oxygen atoms in total. The summed E-state index contributed by atoms with van der Waals surface area (Å²) in [5, 5.41) is 5.49. The number of aromatic amines is 1. The van der Waals surface area contributed by atoms with Gasteiger partial charge in [-0.1, -0.05) is 12.1 Å². The highest BCUT2D eigenvalue weighted by atomic mass is 16.2. The number of carbonyl (C=O) groups is 2. The summed E-state index contributed by atoms with van der Waals surface area (Å²) in [5.41, 5.74) is 2.55. The molecule has 1 aliphatic rings. The lowest BCUT2D eigenvalue weighted by molar-refractivity contribution is -0.122. The van der Waals surface area contributed by atoms with Crippen molar-refractivity contribution < 1.29 is 9.59 Å². The Morgan fingerprint density at radius 3 is 2.95 bits per heavy atom. The van der Waals surface area contributed by atoms with Gasteiger partial charge in [-0.2, -0.15) is 0 Å². The zero-order valence-electron chi connectivity index (χ0n) is 11.6. The summed E-state index contributed by atoms with van der Waals surface area (Å²) in [7, 11) is 0. The average molecular weight is 284 g/mol. The first-order valence-corrected chi connectivity index (χ1v) is 6.84. The Bertz CT molecular complexity index is 692. The van der Waals surface area contributed by atoms with Gasteiger partial charge >= 0.3 is 0 Å². The van der Waals surface area contributed by atoms with Crippen molar-refractivity contribution in [3.05, 3.63) is 36.3 Å². The number of amides is 2. The fourth-order valence-electron chi connectivity index (χ4n) is 2.37. The molecule has 1 fully saturated rings. The quantitative estimate of drug-likeness (QED) is 0.800. The standard InChI is InChI=1S/C15H16N4O2/c1-9-16-8-13(17-9)10-3-2-4-11(7-10)18-15(21)12-5-6-14(20)19-12/h2-4,7-8,12H,5-6H2,1H3,(H,16,17)(H,18,21)(H,19,20). The van der Waals surface area contributed by atoms with Gasteiger partial charge in [-0.05, 0) is 25.5 Å². The third kappa shape index (κ3) is 2.94. The van der Waals surface area contributed by atoms with Crippen LogP contribution in [0.5, 0.6) is 0 Å². The summed E-state index contributed by atoms with van der Waals surface area (Å²) in [5.74, 6) is 0.587. The van der Waals surface area contributed by atoms with Crippen LogP contribution in [0.15, 0.2) is 30.5 Å². The summed E-state index contributed by atoms with van der Waals surface area (Å²) in [6, 6.07) is 7.08. The number of benzene rings is 1. The molecular weight excluding hydrogens is 268 g/mol. The minimum atomic E-state index is -0.435. The van der Waals surface area contributed by atoms with Gasteiger partial charge in [-0.15, -0.1) is 0 Å². The molecule has 2 amide bonds. The zero-order valence-corrected chi connectivity index (χ0v) is 11.6. The third-order valence-corrected chi connectivity index (χ3v) is 3.46. The zero-order chi connectivity index (χ0) is 14.8. The highest BCUT2D eigenvalue weighted by molar-refractivity contribution is 5.99. The van der Waals surface area contributed by atoms with Gasteiger partial charge in [0.25, 0.3) is 0 Å². The van der Waals surface area contributed by atoms with Gasteiger partial charge in [0.2, 0.25) is 11.8 Å². The van der Waals surface area contributed by atoms with Gasteiger partial charge in [-0.3, -0.25) is 9.59 Å². The van der Waals surface area contributed by atoms with Crippen LogP contribution in [0.25, 0.3) is 11.3 Å². The molecule has 3 rings (SSSR count). The van der Waals surface area contributed by atoms with E-state index in [0.717, 1.165) is 17.1 Å². The van der Waals surface area contributed by atoms with E-state index < -0.39 is 6.04 Å². The monoisotopic (exact) mass is 284 g/mol. The predicted molar refractivity (Wildman–Crippen MR) is 78.6 cm³/mol. The molecule has 2 heterocycles. The van der Waals surface area contributed by atoms with Gasteiger partial charge in [0.1, 0.15) is 11.9 Å². The Balaban J connectivity index is 1.74. The molecule has 108 valence electrons. The Morgan fingerprint density at radius 2 is 2.29 bits per heavy atom. The molecule has 3 N–H and O–H groups in total. The molecule has 1 aromatic carbocycles. The van der Waals surface area contributed by atoms with Crippen LogP contribution in [-0.2, 0) is 9.59 Å². The van der Waals surface area contributed by atoms with Crippen molar-refractivity contribution in [3.8, 4) is 11.3 Å². The summed E-state index contributed by atoms with van der Waals surface area (Å²) in [4.78, 5) is 30.5. The molecule has 1 unspecified atom stereocenters. The van der Waals surface area contributed by atoms with Crippen molar-refractivity contribution in [2.75, 3.05) is 5.32 Å². The van der Waals surface area contributed by atoms with Crippen molar-refractivity contribution in [3.63, 3.8) is 0 Å². The lowest BCUT2D eigenvalue weighted by Gasteiger charge is -2.11. The van der Waals surface area contributed by atoms with Gasteiger partial charge in [0.05, 0.1) is 11.9 Å². The number of aryl methyl sites for hydroxylation is 1. The number of rotatable bonds is 3. The van der Waals surface area contributed by atoms with Crippen molar-refractivity contribution >= 4 is 17.5 Å². The number of aromatic nitrogens is 2. The third-order valence-electron chi connectivity index (χ3n) is 3.46. The van der Waals surface area contributed by atoms with Crippen LogP contribution in [0.2, 0.25) is 0 Å². The van der Waals surface area contributed by atoms with Crippen molar-refractivity contribution in [1.82, 2.24) is 15.3 Å². The first kappa shape index (κ1) is 13.4. The Kier molecular flexibility index (Phi) is 3.43. The van der Waals surface area contributed by atoms with E-state index in [1.807, 2.05) is 31.2 Å². The molecule has 6 heteroatoms. The Hall–Kier alpha value is -2.63. The van der Waals surface area contributed by atoms with Crippen LogP contribution >= 0.6 is 0 Å². The topological polar surface area (TPSA) is 86.9 Å². The van der Waals surface area contributed by atoms with E-state index in [4.69, 9.17) is 0 Å². The highest BCUT2D eigenvalue weighted by Gasteiger charge is 2.27. The van der Waals surface area contributed by atoms with E-state index in [-0.39, 0.29) is 11.8 Å². The largest absolute Gasteiger partial charge is 0.344 e. The number of nitrogens with one attached hydrogen (secondary N) is 3. The first-order chi connectivity index (χ1) is 10.1. The molecule has 1 saturated heterocycles. The molecule has 0 spiro atoms. The van der Waals surface area contributed by atoms with E-state index in [1.54, 1.807) is 6.20 Å². The molecule has 0 radical (unpaired) electrons. The van der Waals surface area contributed by atoms with Crippen molar-refractivity contribution in [1.29, 1.82) is 0 Å². The number of hydrogen-bond acceptors (Lipinski definition) is 3. The number of imidazole rings is 1. The lowest BCUT2D eigenvalue weighted by Crippen LogP contribution is -2.37. The van der Waals surface area contributed by atoms with Crippen molar-refractivity contribution in [2.24, 2.45) is 0 Å². The highest BCUT2D eigenvalue weighted by Crippen LogP contribution is 2.21. The minimum Gasteiger partial charge on any atom is -0.344 e. The molecule has 0 bridgehead atoms. The fraction of sp³-hybridized carbons (Fsp3) is 0.267. The maximum absolute atomic E-state index is 12.1. The summed E-state index contributed by atoms with van der Waals surface area (Å²) in [6.07, 6.45) is 2.71. The molecule has 0 aliphatic carbocycles. The van der Waals surface area contributed by atoms with Gasteiger partial charge in [0.15, 0.2) is 0 Å². The minimum absolute atomic E-state index is 0.0724. The van der Waals surface area contributed by atoms with Crippen LogP contribution in [0.1, 0.15) is 18.7 Å². The van der Waals surface area contributed by atoms with E-state index in [0.29, 0.717) is 18.5 Å². The SMILES string of the molecule is Cc1ncc(-c2cccc(NC(=O)C3CCC(=O)N3)c2)[nH]1. The van der Waals surface area contributed by atoms with Crippen LogP contribution in [-0.4, -0.2) is 27.8 Å². The number of nitrogens with zero attached hydrogens (tertiary/aromatic N) is 1. The summed E-state index contributed by atoms with van der Waals surface area (Å²) < 4.78 is 0. The molecule has 1 atom stereocenters. The van der Waals surface area contributed by atoms with E-state index >= 15 is 0 Å². The lowest BCUT2D eigenvalue weighted by atomic mass is 10.1. The molecular formula is C15H16N4O2. The molecule has 1 aromatic heterocycles. The second kappa shape index (κ2) is 5.40. The molecule has 1 aliphatic heterocycles. The number of carbonyl (C=O) groups excluding carboxylic acids is 2. The Labute approximate surface area is 122 Å². The molecule has 21 heavy (non-hydrogen) atoms. The number of hydrogen-bond donors (Lipinski definition) is 3. The maximum atomic E-state index is 12.1. The van der Waals surface area contributed by atoms with Crippen LogP contribution < -0.4 is 10.6 Å². The Morgan fingerprint density at radius 1 is 1.43 bits per heavy atom. The van der Waals surface area contributed by atoms with Crippen LogP contribution in [0.4, 0.5) is 5.69 Å². The smallest absolute Gasteiger partial charge is 0.246 e. The van der Waals surface area contributed by atoms with Crippen LogP contribution in [0.3, 0.4) is 0 Å². The maximum Gasteiger partial charge on any atom is 0.246 e. The summed E-state index contributed by atoms with van der Waals surface area (Å²) in [6.45, 7) is 1.89. The number of anilines is 1. The molecule has 2 aromatic rings. The predicted octanol–water partition coefficient (Wildman–Crippen LogP) is 1.60. The normalized spacial score (nSPS) is 17.6. The second-order valence-corrected chi connectivity index (χ2v) is 5.11. The average Bonchev–Trinajstić information content (AvgIpc) is 3.08. The summed E-state index contributed by atoms with van der Waals surface area (Å²) >= 11 is 0. The van der Waals surface area contributed by atoms with Crippen molar-refractivity contribution in [2.45, 2.75) is 25.8 Å². The van der Waals surface area contributed by atoms with Gasteiger partial charge in [-0.25, -0.2) is 4.98 Å². The second-order valence-electron chi connectivity index (χ2n) is 5.11. The molecule has 0 saturated carbocycles.